The van der Waals surface area contributed by atoms with Crippen LogP contribution in [0.15, 0.2) is 30.5 Å². The molecule has 1 aromatic carbocycles. The Morgan fingerprint density at radius 3 is 2.48 bits per heavy atom. The van der Waals surface area contributed by atoms with Crippen molar-refractivity contribution in [2.45, 2.75) is 32.9 Å². The van der Waals surface area contributed by atoms with Gasteiger partial charge in [0.2, 0.25) is 0 Å². The van der Waals surface area contributed by atoms with E-state index in [4.69, 9.17) is 0 Å². The lowest BCUT2D eigenvalue weighted by molar-refractivity contribution is 0.572. The predicted octanol–water partition coefficient (Wildman–Crippen LogP) is 2.90. The molecule has 2 aromatic rings. The summed E-state index contributed by atoms with van der Waals surface area (Å²) in [6, 6.07) is 9.03. The van der Waals surface area contributed by atoms with Gasteiger partial charge in [-0.3, -0.25) is 4.68 Å². The third kappa shape index (κ3) is 3.85. The molecule has 0 fully saturated rings. The molecule has 0 bridgehead atoms. The van der Waals surface area contributed by atoms with Crippen LogP contribution in [0.1, 0.15) is 36.7 Å². The average Bonchev–Trinajstić information content (AvgIpc) is 2.85. The van der Waals surface area contributed by atoms with Crippen molar-refractivity contribution in [3.05, 3.63) is 47.3 Å². The van der Waals surface area contributed by atoms with Crippen molar-refractivity contribution < 1.29 is 0 Å². The van der Waals surface area contributed by atoms with Crippen molar-refractivity contribution in [3.8, 4) is 0 Å². The van der Waals surface area contributed by atoms with E-state index in [1.807, 2.05) is 11.7 Å². The van der Waals surface area contributed by atoms with E-state index < -0.39 is 0 Å². The topological polar surface area (TPSA) is 33.1 Å². The van der Waals surface area contributed by atoms with Crippen molar-refractivity contribution >= 4 is 5.69 Å². The highest BCUT2D eigenvalue weighted by molar-refractivity contribution is 5.46. The van der Waals surface area contributed by atoms with Crippen LogP contribution in [0.2, 0.25) is 0 Å². The fraction of sp³-hybridized carbons (Fsp3) is 0.471. The normalized spacial score (nSPS) is 12.4. The first-order chi connectivity index (χ1) is 10.0. The summed E-state index contributed by atoms with van der Waals surface area (Å²) in [6.45, 7) is 5.20. The van der Waals surface area contributed by atoms with Crippen LogP contribution in [0.4, 0.5) is 5.69 Å². The van der Waals surface area contributed by atoms with E-state index in [9.17, 15) is 0 Å². The van der Waals surface area contributed by atoms with Gasteiger partial charge in [0.1, 0.15) is 0 Å². The molecule has 0 aliphatic carbocycles. The highest BCUT2D eigenvalue weighted by Gasteiger charge is 2.09. The van der Waals surface area contributed by atoms with E-state index in [1.54, 1.807) is 0 Å². The van der Waals surface area contributed by atoms with Gasteiger partial charge in [-0.25, -0.2) is 0 Å². The zero-order chi connectivity index (χ0) is 15.4. The number of hydrogen-bond acceptors (Lipinski definition) is 3. The van der Waals surface area contributed by atoms with Crippen LogP contribution in [0.25, 0.3) is 0 Å². The molecule has 114 valence electrons. The fourth-order valence-electron chi connectivity index (χ4n) is 2.47. The SMILES string of the molecule is CCc1nn(C)cc1CNC(C)c1ccc(N(C)C)cc1. The third-order valence-corrected chi connectivity index (χ3v) is 3.83. The Bertz CT molecular complexity index is 569. The summed E-state index contributed by atoms with van der Waals surface area (Å²) in [7, 11) is 6.10. The first kappa shape index (κ1) is 15.6. The van der Waals surface area contributed by atoms with E-state index in [0.717, 1.165) is 13.0 Å². The van der Waals surface area contributed by atoms with E-state index in [-0.39, 0.29) is 0 Å². The van der Waals surface area contributed by atoms with Gasteiger partial charge in [-0.1, -0.05) is 19.1 Å². The van der Waals surface area contributed by atoms with Crippen LogP contribution in [-0.4, -0.2) is 23.9 Å². The summed E-state index contributed by atoms with van der Waals surface area (Å²) in [6.07, 6.45) is 3.08. The molecule has 1 unspecified atom stereocenters. The monoisotopic (exact) mass is 286 g/mol. The molecule has 4 nitrogen and oxygen atoms in total. The molecule has 0 spiro atoms. The van der Waals surface area contributed by atoms with Gasteiger partial charge in [-0.2, -0.15) is 5.10 Å². The zero-order valence-corrected chi connectivity index (χ0v) is 13.7. The minimum Gasteiger partial charge on any atom is -0.378 e. The van der Waals surface area contributed by atoms with Crippen LogP contribution >= 0.6 is 0 Å². The van der Waals surface area contributed by atoms with Gasteiger partial charge >= 0.3 is 0 Å². The number of nitrogens with zero attached hydrogens (tertiary/aromatic N) is 3. The summed E-state index contributed by atoms with van der Waals surface area (Å²) in [4.78, 5) is 2.12. The molecule has 0 saturated carbocycles. The van der Waals surface area contributed by atoms with Crippen molar-refractivity contribution in [2.75, 3.05) is 19.0 Å². The van der Waals surface area contributed by atoms with Gasteiger partial charge in [-0.15, -0.1) is 0 Å². The van der Waals surface area contributed by atoms with E-state index in [0.29, 0.717) is 6.04 Å². The highest BCUT2D eigenvalue weighted by Crippen LogP contribution is 2.18. The van der Waals surface area contributed by atoms with Gasteiger partial charge in [0.15, 0.2) is 0 Å². The maximum atomic E-state index is 4.48. The molecule has 4 heteroatoms. The quantitative estimate of drug-likeness (QED) is 0.886. The second-order valence-corrected chi connectivity index (χ2v) is 5.72. The van der Waals surface area contributed by atoms with Crippen LogP contribution in [0.5, 0.6) is 0 Å². The summed E-state index contributed by atoms with van der Waals surface area (Å²) in [5, 5.41) is 8.07. The fourth-order valence-corrected chi connectivity index (χ4v) is 2.47. The smallest absolute Gasteiger partial charge is 0.0666 e. The zero-order valence-electron chi connectivity index (χ0n) is 13.7. The Morgan fingerprint density at radius 1 is 1.24 bits per heavy atom. The first-order valence-electron chi connectivity index (χ1n) is 7.53. The maximum Gasteiger partial charge on any atom is 0.0666 e. The van der Waals surface area contributed by atoms with Crippen molar-refractivity contribution in [1.29, 1.82) is 0 Å². The third-order valence-electron chi connectivity index (χ3n) is 3.83. The molecule has 1 heterocycles. The van der Waals surface area contributed by atoms with Crippen molar-refractivity contribution in [1.82, 2.24) is 15.1 Å². The minimum atomic E-state index is 0.325. The second-order valence-electron chi connectivity index (χ2n) is 5.72. The Balaban J connectivity index is 1.99. The Labute approximate surface area is 127 Å². The molecular formula is C17H26N4. The second kappa shape index (κ2) is 6.76. The van der Waals surface area contributed by atoms with Crippen molar-refractivity contribution in [3.63, 3.8) is 0 Å². The van der Waals surface area contributed by atoms with Crippen LogP contribution in [-0.2, 0) is 20.0 Å². The van der Waals surface area contributed by atoms with Gasteiger partial charge in [-0.05, 0) is 31.0 Å². The number of benzene rings is 1. The largest absolute Gasteiger partial charge is 0.378 e. The lowest BCUT2D eigenvalue weighted by atomic mass is 10.1. The Kier molecular flexibility index (Phi) is 5.02. The van der Waals surface area contributed by atoms with Crippen molar-refractivity contribution in [2.24, 2.45) is 7.05 Å². The molecule has 21 heavy (non-hydrogen) atoms. The highest BCUT2D eigenvalue weighted by atomic mass is 15.3. The van der Waals surface area contributed by atoms with Crippen LogP contribution in [0, 0.1) is 0 Å². The molecule has 1 aromatic heterocycles. The molecule has 0 saturated heterocycles. The Hall–Kier alpha value is -1.81. The minimum absolute atomic E-state index is 0.325. The lowest BCUT2D eigenvalue weighted by Crippen LogP contribution is -2.18. The molecule has 0 aliphatic rings. The van der Waals surface area contributed by atoms with Gasteiger partial charge in [0.05, 0.1) is 5.69 Å². The predicted molar refractivity (Wildman–Crippen MR) is 88.6 cm³/mol. The van der Waals surface area contributed by atoms with Crippen LogP contribution in [0.3, 0.4) is 0 Å². The lowest BCUT2D eigenvalue weighted by Gasteiger charge is -2.17. The number of nitrogens with one attached hydrogen (secondary N) is 1. The van der Waals surface area contributed by atoms with E-state index in [2.05, 4.69) is 73.7 Å². The number of rotatable bonds is 6. The van der Waals surface area contributed by atoms with Gasteiger partial charge < -0.3 is 10.2 Å². The summed E-state index contributed by atoms with van der Waals surface area (Å²) in [5.41, 5.74) is 5.01. The molecule has 1 N–H and O–H groups in total. The number of aromatic nitrogens is 2. The van der Waals surface area contributed by atoms with E-state index in [1.165, 1.54) is 22.5 Å². The van der Waals surface area contributed by atoms with Crippen LogP contribution < -0.4 is 10.2 Å². The number of anilines is 1. The van der Waals surface area contributed by atoms with Gasteiger partial charge in [0.25, 0.3) is 0 Å². The van der Waals surface area contributed by atoms with E-state index >= 15 is 0 Å². The summed E-state index contributed by atoms with van der Waals surface area (Å²) in [5.74, 6) is 0. The molecule has 0 radical (unpaired) electrons. The number of aryl methyl sites for hydroxylation is 2. The Morgan fingerprint density at radius 2 is 1.90 bits per heavy atom. The maximum absolute atomic E-state index is 4.48. The average molecular weight is 286 g/mol. The molecule has 2 rings (SSSR count). The first-order valence-corrected chi connectivity index (χ1v) is 7.53. The summed E-state index contributed by atoms with van der Waals surface area (Å²) < 4.78 is 1.90. The number of hydrogen-bond donors (Lipinski definition) is 1. The summed E-state index contributed by atoms with van der Waals surface area (Å²) >= 11 is 0. The molecule has 0 aliphatic heterocycles. The molecular weight excluding hydrogens is 260 g/mol. The molecule has 1 atom stereocenters. The molecule has 0 amide bonds. The standard InChI is InChI=1S/C17H26N4/c1-6-17-15(12-21(5)19-17)11-18-13(2)14-7-9-16(10-8-14)20(3)4/h7-10,12-13,18H,6,11H2,1-5H3. The van der Waals surface area contributed by atoms with Gasteiger partial charge in [0, 0.05) is 51.2 Å².